The number of carbonyl (C=O) groups is 2. The van der Waals surface area contributed by atoms with Crippen LogP contribution in [0.25, 0.3) is 0 Å². The third kappa shape index (κ3) is 3.48. The number of nitrogens with zero attached hydrogens (tertiary/aromatic N) is 3. The molecule has 6 nitrogen and oxygen atoms in total. The van der Waals surface area contributed by atoms with Gasteiger partial charge in [-0.15, -0.1) is 0 Å². The van der Waals surface area contributed by atoms with Crippen molar-refractivity contribution in [3.05, 3.63) is 0 Å². The van der Waals surface area contributed by atoms with Gasteiger partial charge >= 0.3 is 12.0 Å². The molecule has 0 aromatic heterocycles. The van der Waals surface area contributed by atoms with Crippen molar-refractivity contribution in [1.82, 2.24) is 14.7 Å². The molecule has 0 radical (unpaired) electrons. The summed E-state index contributed by atoms with van der Waals surface area (Å²) in [7, 11) is 1.83. The van der Waals surface area contributed by atoms with Crippen molar-refractivity contribution < 1.29 is 14.7 Å². The standard InChI is InChI=1S/C15H27N3O3/c1-11(2)16(3)15(21)17-9-6-12(7-10-17)18-8-4-5-13(18)14(19)20/h11-13H,4-10H2,1-3H3,(H,19,20). The molecule has 2 aliphatic rings. The van der Waals surface area contributed by atoms with Gasteiger partial charge in [0, 0.05) is 32.2 Å². The van der Waals surface area contributed by atoms with Gasteiger partial charge in [0.25, 0.3) is 0 Å². The molecule has 2 saturated heterocycles. The average Bonchev–Trinajstić information content (AvgIpc) is 2.95. The van der Waals surface area contributed by atoms with E-state index in [1.54, 1.807) is 4.90 Å². The van der Waals surface area contributed by atoms with Crippen molar-refractivity contribution >= 4 is 12.0 Å². The Bertz CT molecular complexity index is 392. The second-order valence-corrected chi connectivity index (χ2v) is 6.44. The van der Waals surface area contributed by atoms with Crippen LogP contribution in [0.4, 0.5) is 4.79 Å². The zero-order valence-electron chi connectivity index (χ0n) is 13.3. The van der Waals surface area contributed by atoms with Crippen molar-refractivity contribution in [1.29, 1.82) is 0 Å². The van der Waals surface area contributed by atoms with E-state index in [0.717, 1.165) is 45.3 Å². The minimum atomic E-state index is -0.703. The summed E-state index contributed by atoms with van der Waals surface area (Å²) in [5.74, 6) is -0.703. The number of rotatable bonds is 3. The average molecular weight is 297 g/mol. The van der Waals surface area contributed by atoms with Gasteiger partial charge in [0.1, 0.15) is 6.04 Å². The molecule has 0 spiro atoms. The molecule has 2 heterocycles. The van der Waals surface area contributed by atoms with Crippen LogP contribution in [0.2, 0.25) is 0 Å². The Morgan fingerprint density at radius 2 is 1.76 bits per heavy atom. The fourth-order valence-electron chi connectivity index (χ4n) is 3.32. The first-order valence-electron chi connectivity index (χ1n) is 7.92. The van der Waals surface area contributed by atoms with Gasteiger partial charge in [-0.05, 0) is 46.1 Å². The van der Waals surface area contributed by atoms with Crippen LogP contribution in [-0.2, 0) is 4.79 Å². The van der Waals surface area contributed by atoms with Gasteiger partial charge in [-0.25, -0.2) is 4.79 Å². The van der Waals surface area contributed by atoms with E-state index in [-0.39, 0.29) is 18.1 Å². The van der Waals surface area contributed by atoms with Gasteiger partial charge < -0.3 is 14.9 Å². The second kappa shape index (κ2) is 6.64. The molecular formula is C15H27N3O3. The molecule has 0 aromatic rings. The highest BCUT2D eigenvalue weighted by atomic mass is 16.4. The maximum absolute atomic E-state index is 12.3. The molecule has 1 atom stereocenters. The molecule has 21 heavy (non-hydrogen) atoms. The molecule has 2 fully saturated rings. The highest BCUT2D eigenvalue weighted by molar-refractivity contribution is 5.75. The van der Waals surface area contributed by atoms with Crippen molar-refractivity contribution in [3.8, 4) is 0 Å². The van der Waals surface area contributed by atoms with Gasteiger partial charge in [-0.2, -0.15) is 0 Å². The number of aliphatic carboxylic acids is 1. The molecule has 1 N–H and O–H groups in total. The minimum Gasteiger partial charge on any atom is -0.480 e. The smallest absolute Gasteiger partial charge is 0.320 e. The van der Waals surface area contributed by atoms with Gasteiger partial charge in [0.15, 0.2) is 0 Å². The lowest BCUT2D eigenvalue weighted by Crippen LogP contribution is -2.52. The zero-order valence-corrected chi connectivity index (χ0v) is 13.3. The quantitative estimate of drug-likeness (QED) is 0.856. The number of carbonyl (C=O) groups excluding carboxylic acids is 1. The normalized spacial score (nSPS) is 24.6. The van der Waals surface area contributed by atoms with E-state index in [2.05, 4.69) is 4.90 Å². The van der Waals surface area contributed by atoms with Crippen LogP contribution in [0.3, 0.4) is 0 Å². The summed E-state index contributed by atoms with van der Waals surface area (Å²) in [6.45, 7) is 6.34. The molecule has 6 heteroatoms. The number of piperidine rings is 1. The van der Waals surface area contributed by atoms with Crippen molar-refractivity contribution in [2.75, 3.05) is 26.7 Å². The van der Waals surface area contributed by atoms with Gasteiger partial charge in [0.05, 0.1) is 0 Å². The monoisotopic (exact) mass is 297 g/mol. The molecule has 2 amide bonds. The summed E-state index contributed by atoms with van der Waals surface area (Å²) in [6, 6.07) is 0.266. The summed E-state index contributed by atoms with van der Waals surface area (Å²) < 4.78 is 0. The maximum atomic E-state index is 12.3. The highest BCUT2D eigenvalue weighted by Crippen LogP contribution is 2.26. The lowest BCUT2D eigenvalue weighted by molar-refractivity contribution is -0.143. The van der Waals surface area contributed by atoms with E-state index in [1.165, 1.54) is 0 Å². The van der Waals surface area contributed by atoms with Gasteiger partial charge in [-0.1, -0.05) is 0 Å². The van der Waals surface area contributed by atoms with Gasteiger partial charge in [0.2, 0.25) is 0 Å². The Morgan fingerprint density at radius 3 is 2.29 bits per heavy atom. The number of carboxylic acids is 1. The number of hydrogen-bond acceptors (Lipinski definition) is 3. The van der Waals surface area contributed by atoms with E-state index < -0.39 is 5.97 Å². The largest absolute Gasteiger partial charge is 0.480 e. The van der Waals surface area contributed by atoms with Crippen LogP contribution in [-0.4, -0.2) is 76.6 Å². The summed E-state index contributed by atoms with van der Waals surface area (Å²) in [5, 5.41) is 9.28. The molecular weight excluding hydrogens is 270 g/mol. The molecule has 0 saturated carbocycles. The van der Waals surface area contributed by atoms with E-state index in [4.69, 9.17) is 0 Å². The Hall–Kier alpha value is -1.30. The van der Waals surface area contributed by atoms with Crippen molar-refractivity contribution in [3.63, 3.8) is 0 Å². The second-order valence-electron chi connectivity index (χ2n) is 6.44. The summed E-state index contributed by atoms with van der Waals surface area (Å²) in [6.07, 6.45) is 3.47. The number of amides is 2. The predicted molar refractivity (Wildman–Crippen MR) is 80.3 cm³/mol. The number of hydrogen-bond donors (Lipinski definition) is 1. The topological polar surface area (TPSA) is 64.1 Å². The van der Waals surface area contributed by atoms with Crippen LogP contribution in [0.15, 0.2) is 0 Å². The van der Waals surface area contributed by atoms with E-state index in [1.807, 2.05) is 25.8 Å². The van der Waals surface area contributed by atoms with Crippen molar-refractivity contribution in [2.45, 2.75) is 57.7 Å². The van der Waals surface area contributed by atoms with Crippen molar-refractivity contribution in [2.24, 2.45) is 0 Å². The van der Waals surface area contributed by atoms with Crippen LogP contribution < -0.4 is 0 Å². The van der Waals surface area contributed by atoms with Crippen LogP contribution >= 0.6 is 0 Å². The minimum absolute atomic E-state index is 0.0830. The van der Waals surface area contributed by atoms with Crippen LogP contribution in [0, 0.1) is 0 Å². The molecule has 0 aromatic carbocycles. The highest BCUT2D eigenvalue weighted by Gasteiger charge is 2.37. The number of likely N-dealkylation sites (tertiary alicyclic amines) is 2. The molecule has 2 aliphatic heterocycles. The third-order valence-corrected chi connectivity index (χ3v) is 4.86. The first-order valence-corrected chi connectivity index (χ1v) is 7.92. The maximum Gasteiger partial charge on any atom is 0.320 e. The molecule has 0 bridgehead atoms. The summed E-state index contributed by atoms with van der Waals surface area (Å²) >= 11 is 0. The molecule has 0 aliphatic carbocycles. The van der Waals surface area contributed by atoms with E-state index in [0.29, 0.717) is 6.04 Å². The third-order valence-electron chi connectivity index (χ3n) is 4.86. The predicted octanol–water partition coefficient (Wildman–Crippen LogP) is 1.46. The fourth-order valence-corrected chi connectivity index (χ4v) is 3.32. The Morgan fingerprint density at radius 1 is 1.14 bits per heavy atom. The first-order chi connectivity index (χ1) is 9.91. The van der Waals surface area contributed by atoms with Crippen LogP contribution in [0.5, 0.6) is 0 Å². The number of urea groups is 1. The Kier molecular flexibility index (Phi) is 5.08. The van der Waals surface area contributed by atoms with E-state index in [9.17, 15) is 14.7 Å². The lowest BCUT2D eigenvalue weighted by atomic mass is 10.0. The first kappa shape index (κ1) is 16.1. The SMILES string of the molecule is CC(C)N(C)C(=O)N1CCC(N2CCCC2C(=O)O)CC1. The lowest BCUT2D eigenvalue weighted by Gasteiger charge is -2.40. The molecule has 1 unspecified atom stereocenters. The van der Waals surface area contributed by atoms with Gasteiger partial charge in [-0.3, -0.25) is 9.69 Å². The summed E-state index contributed by atoms with van der Waals surface area (Å²) in [4.78, 5) is 29.3. The number of carboxylic acid groups (broad SMARTS) is 1. The van der Waals surface area contributed by atoms with Crippen LogP contribution in [0.1, 0.15) is 39.5 Å². The Labute approximate surface area is 126 Å². The zero-order chi connectivity index (χ0) is 15.6. The Balaban J connectivity index is 1.88. The van der Waals surface area contributed by atoms with E-state index >= 15 is 0 Å². The fraction of sp³-hybridized carbons (Fsp3) is 0.867. The molecule has 2 rings (SSSR count). The summed E-state index contributed by atoms with van der Waals surface area (Å²) in [5.41, 5.74) is 0. The molecule has 120 valence electrons.